The highest BCUT2D eigenvalue weighted by Crippen LogP contribution is 2.13. The van der Waals surface area contributed by atoms with Gasteiger partial charge in [0.25, 0.3) is 0 Å². The number of amides is 2. The quantitative estimate of drug-likeness (QED) is 0.798. The van der Waals surface area contributed by atoms with Gasteiger partial charge in [0.2, 0.25) is 0 Å². The van der Waals surface area contributed by atoms with E-state index in [0.717, 1.165) is 23.4 Å². The van der Waals surface area contributed by atoms with Crippen molar-refractivity contribution in [2.24, 2.45) is 0 Å². The number of carbonyl (C=O) groups excluding carboxylic acids is 1. The van der Waals surface area contributed by atoms with Gasteiger partial charge < -0.3 is 15.4 Å². The molecule has 122 valence electrons. The number of hydrogen-bond acceptors (Lipinski definition) is 2. The van der Waals surface area contributed by atoms with E-state index in [9.17, 15) is 4.79 Å². The molecule has 4 nitrogen and oxygen atoms in total. The van der Waals surface area contributed by atoms with Crippen LogP contribution in [0.1, 0.15) is 30.9 Å². The summed E-state index contributed by atoms with van der Waals surface area (Å²) in [7, 11) is 1.63. The predicted molar refractivity (Wildman–Crippen MR) is 93.9 cm³/mol. The summed E-state index contributed by atoms with van der Waals surface area (Å²) in [5.74, 6) is 0.785. The first kappa shape index (κ1) is 16.9. The fourth-order valence-electron chi connectivity index (χ4n) is 2.28. The monoisotopic (exact) mass is 312 g/mol. The van der Waals surface area contributed by atoms with Gasteiger partial charge in [-0.25, -0.2) is 4.79 Å². The van der Waals surface area contributed by atoms with Crippen LogP contribution in [-0.4, -0.2) is 13.1 Å². The van der Waals surface area contributed by atoms with Crippen molar-refractivity contribution in [3.8, 4) is 5.75 Å². The number of hydrogen-bond donors (Lipinski definition) is 2. The van der Waals surface area contributed by atoms with Gasteiger partial charge in [0.1, 0.15) is 5.75 Å². The molecule has 0 fully saturated rings. The topological polar surface area (TPSA) is 50.4 Å². The molecule has 2 rings (SSSR count). The van der Waals surface area contributed by atoms with E-state index in [2.05, 4.69) is 29.7 Å². The van der Waals surface area contributed by atoms with Crippen LogP contribution in [0.2, 0.25) is 0 Å². The van der Waals surface area contributed by atoms with Crippen LogP contribution >= 0.6 is 0 Å². The second-order valence-electron chi connectivity index (χ2n) is 5.46. The normalized spacial score (nSPS) is 10.2. The zero-order chi connectivity index (χ0) is 16.5. The van der Waals surface area contributed by atoms with E-state index in [1.807, 2.05) is 36.4 Å². The molecule has 0 saturated carbocycles. The Bertz CT molecular complexity index is 624. The van der Waals surface area contributed by atoms with Crippen LogP contribution in [0.3, 0.4) is 0 Å². The van der Waals surface area contributed by atoms with E-state index in [-0.39, 0.29) is 6.03 Å². The zero-order valence-electron chi connectivity index (χ0n) is 13.8. The number of urea groups is 1. The van der Waals surface area contributed by atoms with Crippen LogP contribution in [0.15, 0.2) is 48.5 Å². The van der Waals surface area contributed by atoms with Crippen molar-refractivity contribution in [3.05, 3.63) is 59.7 Å². The molecule has 0 bridgehead atoms. The highest BCUT2D eigenvalue weighted by molar-refractivity contribution is 5.89. The first-order valence-electron chi connectivity index (χ1n) is 7.98. The summed E-state index contributed by atoms with van der Waals surface area (Å²) in [6.07, 6.45) is 3.46. The second kappa shape index (κ2) is 8.83. The largest absolute Gasteiger partial charge is 0.497 e. The third-order valence-corrected chi connectivity index (χ3v) is 3.62. The molecule has 2 N–H and O–H groups in total. The van der Waals surface area contributed by atoms with Gasteiger partial charge >= 0.3 is 6.03 Å². The van der Waals surface area contributed by atoms with Crippen molar-refractivity contribution in [1.82, 2.24) is 5.32 Å². The molecule has 0 aliphatic rings. The number of rotatable bonds is 7. The van der Waals surface area contributed by atoms with Crippen LogP contribution in [0.25, 0.3) is 0 Å². The Balaban J connectivity index is 1.82. The Morgan fingerprint density at radius 2 is 1.87 bits per heavy atom. The van der Waals surface area contributed by atoms with Crippen LogP contribution in [0, 0.1) is 0 Å². The molecule has 0 atom stereocenters. The summed E-state index contributed by atoms with van der Waals surface area (Å²) >= 11 is 0. The lowest BCUT2D eigenvalue weighted by Crippen LogP contribution is -2.28. The van der Waals surface area contributed by atoms with Gasteiger partial charge in [-0.05, 0) is 48.2 Å². The van der Waals surface area contributed by atoms with Gasteiger partial charge in [-0.2, -0.15) is 0 Å². The summed E-state index contributed by atoms with van der Waals surface area (Å²) in [6.45, 7) is 2.64. The molecule has 23 heavy (non-hydrogen) atoms. The Kier molecular flexibility index (Phi) is 6.48. The van der Waals surface area contributed by atoms with Crippen molar-refractivity contribution in [3.63, 3.8) is 0 Å². The Morgan fingerprint density at radius 3 is 2.57 bits per heavy atom. The third-order valence-electron chi connectivity index (χ3n) is 3.62. The second-order valence-corrected chi connectivity index (χ2v) is 5.46. The van der Waals surface area contributed by atoms with E-state index in [4.69, 9.17) is 4.74 Å². The Morgan fingerprint density at radius 1 is 1.09 bits per heavy atom. The van der Waals surface area contributed by atoms with E-state index < -0.39 is 0 Å². The molecule has 4 heteroatoms. The molecule has 0 radical (unpaired) electrons. The molecule has 2 aromatic rings. The fraction of sp³-hybridized carbons (Fsp3) is 0.316. The van der Waals surface area contributed by atoms with Crippen molar-refractivity contribution < 1.29 is 9.53 Å². The van der Waals surface area contributed by atoms with Gasteiger partial charge in [0.05, 0.1) is 7.11 Å². The summed E-state index contributed by atoms with van der Waals surface area (Å²) in [6, 6.07) is 15.4. The summed E-state index contributed by atoms with van der Waals surface area (Å²) in [5, 5.41) is 5.68. The zero-order valence-corrected chi connectivity index (χ0v) is 13.8. The molecule has 0 aliphatic carbocycles. The molecular formula is C19H24N2O2. The summed E-state index contributed by atoms with van der Waals surface area (Å²) < 4.78 is 5.17. The summed E-state index contributed by atoms with van der Waals surface area (Å²) in [5.41, 5.74) is 3.09. The average molecular weight is 312 g/mol. The van der Waals surface area contributed by atoms with Crippen LogP contribution < -0.4 is 15.4 Å². The van der Waals surface area contributed by atoms with E-state index >= 15 is 0 Å². The van der Waals surface area contributed by atoms with Crippen LogP contribution in [0.4, 0.5) is 10.5 Å². The smallest absolute Gasteiger partial charge is 0.319 e. The lowest BCUT2D eigenvalue weighted by atomic mass is 10.1. The lowest BCUT2D eigenvalue weighted by molar-refractivity contribution is 0.251. The molecule has 2 aromatic carbocycles. The highest BCUT2D eigenvalue weighted by Gasteiger charge is 2.03. The number of nitrogens with one attached hydrogen (secondary N) is 2. The van der Waals surface area contributed by atoms with Crippen molar-refractivity contribution in [1.29, 1.82) is 0 Å². The minimum Gasteiger partial charge on any atom is -0.497 e. The Hall–Kier alpha value is -2.49. The molecule has 2 amide bonds. The van der Waals surface area contributed by atoms with Crippen molar-refractivity contribution in [2.45, 2.75) is 32.7 Å². The molecule has 0 spiro atoms. The molecule has 0 saturated heterocycles. The third kappa shape index (κ3) is 5.66. The number of aryl methyl sites for hydroxylation is 1. The fourth-order valence-corrected chi connectivity index (χ4v) is 2.28. The first-order chi connectivity index (χ1) is 11.2. The number of methoxy groups -OCH3 is 1. The maximum absolute atomic E-state index is 11.9. The van der Waals surface area contributed by atoms with Gasteiger partial charge in [-0.3, -0.25) is 0 Å². The average Bonchev–Trinajstić information content (AvgIpc) is 2.59. The molecular weight excluding hydrogens is 288 g/mol. The number of benzene rings is 2. The maximum Gasteiger partial charge on any atom is 0.319 e. The predicted octanol–water partition coefficient (Wildman–Crippen LogP) is 4.36. The van der Waals surface area contributed by atoms with Gasteiger partial charge in [-0.15, -0.1) is 0 Å². The highest BCUT2D eigenvalue weighted by atomic mass is 16.5. The van der Waals surface area contributed by atoms with Gasteiger partial charge in [-0.1, -0.05) is 37.6 Å². The minimum absolute atomic E-state index is 0.214. The summed E-state index contributed by atoms with van der Waals surface area (Å²) in [4.78, 5) is 11.9. The molecule has 0 heterocycles. The molecule has 0 unspecified atom stereocenters. The number of unbranched alkanes of at least 4 members (excludes halogenated alkanes) is 1. The standard InChI is InChI=1S/C19H24N2O2/c1-3-4-6-15-9-11-17(12-10-15)21-19(22)20-14-16-7-5-8-18(13-16)23-2/h5,7-13H,3-4,6,14H2,1-2H3,(H2,20,21,22). The minimum atomic E-state index is -0.214. The van der Waals surface area contributed by atoms with E-state index in [1.165, 1.54) is 18.4 Å². The molecule has 0 aromatic heterocycles. The van der Waals surface area contributed by atoms with Crippen LogP contribution in [0.5, 0.6) is 5.75 Å². The molecule has 0 aliphatic heterocycles. The van der Waals surface area contributed by atoms with E-state index in [0.29, 0.717) is 6.54 Å². The maximum atomic E-state index is 11.9. The van der Waals surface area contributed by atoms with Crippen molar-refractivity contribution in [2.75, 3.05) is 12.4 Å². The van der Waals surface area contributed by atoms with E-state index in [1.54, 1.807) is 7.11 Å². The van der Waals surface area contributed by atoms with Gasteiger partial charge in [0, 0.05) is 12.2 Å². The number of ether oxygens (including phenoxy) is 1. The Labute approximate surface area is 137 Å². The first-order valence-corrected chi connectivity index (χ1v) is 7.98. The number of anilines is 1. The lowest BCUT2D eigenvalue weighted by Gasteiger charge is -2.09. The van der Waals surface area contributed by atoms with Crippen molar-refractivity contribution >= 4 is 11.7 Å². The van der Waals surface area contributed by atoms with Gasteiger partial charge in [0.15, 0.2) is 0 Å². The van der Waals surface area contributed by atoms with Crippen LogP contribution in [-0.2, 0) is 13.0 Å². The number of carbonyl (C=O) groups is 1. The SMILES string of the molecule is CCCCc1ccc(NC(=O)NCc2cccc(OC)c2)cc1.